The summed E-state index contributed by atoms with van der Waals surface area (Å²) < 4.78 is 0. The van der Waals surface area contributed by atoms with Crippen LogP contribution in [0, 0.1) is 6.92 Å². The highest BCUT2D eigenvalue weighted by atomic mass is 32.2. The van der Waals surface area contributed by atoms with Crippen molar-refractivity contribution in [2.75, 3.05) is 24.2 Å². The highest BCUT2D eigenvalue weighted by molar-refractivity contribution is 8.00. The first-order chi connectivity index (χ1) is 10.0. The van der Waals surface area contributed by atoms with Crippen molar-refractivity contribution in [3.05, 3.63) is 29.3 Å². The Kier molecular flexibility index (Phi) is 5.12. The lowest BCUT2D eigenvalue weighted by atomic mass is 10.1. The normalized spacial score (nSPS) is 18.4. The number of carboxylic acid groups (broad SMARTS) is 1. The predicted molar refractivity (Wildman–Crippen MR) is 85.3 cm³/mol. The van der Waals surface area contributed by atoms with Crippen molar-refractivity contribution in [1.29, 1.82) is 0 Å². The number of anilines is 1. The molecule has 1 aromatic carbocycles. The Morgan fingerprint density at radius 1 is 1.48 bits per heavy atom. The second-order valence-corrected chi connectivity index (χ2v) is 6.47. The van der Waals surface area contributed by atoms with Crippen LogP contribution in [0.15, 0.2) is 18.2 Å². The maximum absolute atomic E-state index is 12.3. The van der Waals surface area contributed by atoms with Gasteiger partial charge >= 0.3 is 12.0 Å². The number of nitrogens with zero attached hydrogens (tertiary/aromatic N) is 1. The number of aromatic carboxylic acids is 1. The maximum atomic E-state index is 12.3. The van der Waals surface area contributed by atoms with E-state index in [1.54, 1.807) is 24.0 Å². The molecule has 5 nitrogen and oxygen atoms in total. The van der Waals surface area contributed by atoms with Crippen LogP contribution >= 0.6 is 11.8 Å². The zero-order valence-electron chi connectivity index (χ0n) is 12.3. The molecular weight excluding hydrogens is 288 g/mol. The molecule has 0 radical (unpaired) electrons. The van der Waals surface area contributed by atoms with Gasteiger partial charge in [-0.3, -0.25) is 0 Å². The van der Waals surface area contributed by atoms with Crippen molar-refractivity contribution in [2.45, 2.75) is 25.5 Å². The molecule has 1 aliphatic heterocycles. The number of rotatable bonds is 3. The highest BCUT2D eigenvalue weighted by Crippen LogP contribution is 2.23. The van der Waals surface area contributed by atoms with Crippen LogP contribution in [0.1, 0.15) is 29.3 Å². The average molecular weight is 308 g/mol. The average Bonchev–Trinajstić information content (AvgIpc) is 2.49. The molecule has 0 saturated carbocycles. The summed E-state index contributed by atoms with van der Waals surface area (Å²) in [5, 5.41) is 12.4. The minimum absolute atomic E-state index is 0.153. The SMILES string of the molecule is CCC1CN(C(=O)Nc2cccc(C(=O)O)c2C)CCS1. The zero-order valence-corrected chi connectivity index (χ0v) is 13.1. The Bertz CT molecular complexity index is 548. The molecule has 2 N–H and O–H groups in total. The first-order valence-electron chi connectivity index (χ1n) is 7.03. The van der Waals surface area contributed by atoms with Gasteiger partial charge in [-0.2, -0.15) is 11.8 Å². The molecule has 2 amide bonds. The van der Waals surface area contributed by atoms with Gasteiger partial charge in [0.2, 0.25) is 0 Å². The number of carbonyl (C=O) groups is 2. The van der Waals surface area contributed by atoms with E-state index in [4.69, 9.17) is 5.11 Å². The van der Waals surface area contributed by atoms with Gasteiger partial charge in [0, 0.05) is 29.8 Å². The van der Waals surface area contributed by atoms with Crippen molar-refractivity contribution in [3.63, 3.8) is 0 Å². The first-order valence-corrected chi connectivity index (χ1v) is 8.08. The van der Waals surface area contributed by atoms with Crippen LogP contribution in [0.5, 0.6) is 0 Å². The van der Waals surface area contributed by atoms with E-state index in [1.807, 2.05) is 11.8 Å². The number of thioether (sulfide) groups is 1. The number of hydrogen-bond donors (Lipinski definition) is 2. The van der Waals surface area contributed by atoms with Crippen LogP contribution in [0.25, 0.3) is 0 Å². The summed E-state index contributed by atoms with van der Waals surface area (Å²) >= 11 is 1.90. The molecule has 0 spiro atoms. The van der Waals surface area contributed by atoms with Crippen LogP contribution < -0.4 is 5.32 Å². The van der Waals surface area contributed by atoms with E-state index < -0.39 is 5.97 Å². The van der Waals surface area contributed by atoms with Gasteiger partial charge in [-0.15, -0.1) is 0 Å². The molecule has 1 saturated heterocycles. The lowest BCUT2D eigenvalue weighted by Gasteiger charge is -2.32. The van der Waals surface area contributed by atoms with Gasteiger partial charge in [0.05, 0.1) is 5.56 Å². The number of amides is 2. The number of carboxylic acids is 1. The second-order valence-electron chi connectivity index (χ2n) is 5.06. The Morgan fingerprint density at radius 3 is 2.90 bits per heavy atom. The van der Waals surface area contributed by atoms with E-state index in [2.05, 4.69) is 12.2 Å². The topological polar surface area (TPSA) is 69.6 Å². The molecule has 0 bridgehead atoms. The molecule has 21 heavy (non-hydrogen) atoms. The van der Waals surface area contributed by atoms with Crippen LogP contribution in [0.2, 0.25) is 0 Å². The van der Waals surface area contributed by atoms with Crippen LogP contribution in [-0.2, 0) is 0 Å². The smallest absolute Gasteiger partial charge is 0.336 e. The van der Waals surface area contributed by atoms with Gasteiger partial charge in [-0.1, -0.05) is 13.0 Å². The van der Waals surface area contributed by atoms with E-state index >= 15 is 0 Å². The molecule has 1 fully saturated rings. The van der Waals surface area contributed by atoms with Gasteiger partial charge in [0.1, 0.15) is 0 Å². The Morgan fingerprint density at radius 2 is 2.24 bits per heavy atom. The third-order valence-corrected chi connectivity index (χ3v) is 5.06. The number of hydrogen-bond acceptors (Lipinski definition) is 3. The number of benzene rings is 1. The Balaban J connectivity index is 2.09. The summed E-state index contributed by atoms with van der Waals surface area (Å²) in [5.74, 6) is -0.0379. The van der Waals surface area contributed by atoms with Crippen molar-refractivity contribution in [3.8, 4) is 0 Å². The lowest BCUT2D eigenvalue weighted by molar-refractivity contribution is 0.0696. The summed E-state index contributed by atoms with van der Waals surface area (Å²) in [6.07, 6.45) is 1.04. The van der Waals surface area contributed by atoms with Gasteiger partial charge in [0.15, 0.2) is 0 Å². The Labute approximate surface area is 128 Å². The van der Waals surface area contributed by atoms with Crippen molar-refractivity contribution in [2.24, 2.45) is 0 Å². The molecule has 114 valence electrons. The van der Waals surface area contributed by atoms with Gasteiger partial charge < -0.3 is 15.3 Å². The molecule has 1 aliphatic rings. The van der Waals surface area contributed by atoms with Gasteiger partial charge in [0.25, 0.3) is 0 Å². The molecule has 1 heterocycles. The van der Waals surface area contributed by atoms with E-state index in [-0.39, 0.29) is 11.6 Å². The summed E-state index contributed by atoms with van der Waals surface area (Å²) in [6, 6.07) is 4.76. The van der Waals surface area contributed by atoms with E-state index in [0.29, 0.717) is 16.5 Å². The van der Waals surface area contributed by atoms with E-state index in [1.165, 1.54) is 6.07 Å². The summed E-state index contributed by atoms with van der Waals surface area (Å²) in [4.78, 5) is 25.2. The third kappa shape index (κ3) is 3.69. The molecule has 2 rings (SSSR count). The van der Waals surface area contributed by atoms with Gasteiger partial charge in [-0.05, 0) is 31.0 Å². The fraction of sp³-hybridized carbons (Fsp3) is 0.467. The predicted octanol–water partition coefficient (Wildman–Crippen LogP) is 3.05. The second kappa shape index (κ2) is 6.85. The standard InChI is InChI=1S/C15H20N2O3S/c1-3-11-9-17(7-8-21-11)15(20)16-13-6-4-5-12(10(13)2)14(18)19/h4-6,11H,3,7-9H2,1-2H3,(H,16,20)(H,18,19). The molecule has 6 heteroatoms. The minimum atomic E-state index is -0.982. The molecule has 0 aliphatic carbocycles. The quantitative estimate of drug-likeness (QED) is 0.900. The largest absolute Gasteiger partial charge is 0.478 e. The van der Waals surface area contributed by atoms with Crippen LogP contribution in [0.3, 0.4) is 0 Å². The maximum Gasteiger partial charge on any atom is 0.336 e. The van der Waals surface area contributed by atoms with Gasteiger partial charge in [-0.25, -0.2) is 9.59 Å². The van der Waals surface area contributed by atoms with E-state index in [9.17, 15) is 9.59 Å². The summed E-state index contributed by atoms with van der Waals surface area (Å²) in [6.45, 7) is 5.30. The molecular formula is C15H20N2O3S. The van der Waals surface area contributed by atoms with Crippen molar-refractivity contribution in [1.82, 2.24) is 4.90 Å². The molecule has 1 aromatic rings. The summed E-state index contributed by atoms with van der Waals surface area (Å²) in [5.41, 5.74) is 1.36. The lowest BCUT2D eigenvalue weighted by Crippen LogP contribution is -2.44. The Hall–Kier alpha value is -1.69. The fourth-order valence-electron chi connectivity index (χ4n) is 2.35. The van der Waals surface area contributed by atoms with Crippen molar-refractivity contribution >= 4 is 29.4 Å². The zero-order chi connectivity index (χ0) is 15.4. The monoisotopic (exact) mass is 308 g/mol. The molecule has 1 unspecified atom stereocenters. The number of carbonyl (C=O) groups excluding carboxylic acids is 1. The summed E-state index contributed by atoms with van der Waals surface area (Å²) in [7, 11) is 0. The first kappa shape index (κ1) is 15.7. The molecule has 0 aromatic heterocycles. The van der Waals surface area contributed by atoms with Crippen LogP contribution in [-0.4, -0.2) is 46.1 Å². The molecule has 1 atom stereocenters. The fourth-order valence-corrected chi connectivity index (χ4v) is 3.53. The third-order valence-electron chi connectivity index (χ3n) is 3.69. The number of urea groups is 1. The van der Waals surface area contributed by atoms with E-state index in [0.717, 1.165) is 25.3 Å². The number of nitrogens with one attached hydrogen (secondary N) is 1. The highest BCUT2D eigenvalue weighted by Gasteiger charge is 2.23. The minimum Gasteiger partial charge on any atom is -0.478 e. The van der Waals surface area contributed by atoms with Crippen LogP contribution in [0.4, 0.5) is 10.5 Å². The van der Waals surface area contributed by atoms with Crippen molar-refractivity contribution < 1.29 is 14.7 Å².